The van der Waals surface area contributed by atoms with E-state index in [9.17, 15) is 5.11 Å². The maximum absolute atomic E-state index is 9.58. The first-order valence-corrected chi connectivity index (χ1v) is 12.9. The molecule has 0 aliphatic rings. The van der Waals surface area contributed by atoms with Crippen LogP contribution in [0.3, 0.4) is 0 Å². The average Bonchev–Trinajstić information content (AvgIpc) is 2.85. The van der Waals surface area contributed by atoms with Crippen molar-refractivity contribution in [2.45, 2.75) is 96.8 Å². The molecule has 0 heterocycles. The fraction of sp³-hybridized carbons (Fsp3) is 0.586. The number of hydrogen-bond acceptors (Lipinski definition) is 4. The van der Waals surface area contributed by atoms with Gasteiger partial charge in [0.1, 0.15) is 0 Å². The molecule has 36 heavy (non-hydrogen) atoms. The average molecular weight is 559 g/mol. The van der Waals surface area contributed by atoms with Gasteiger partial charge in [-0.1, -0.05) is 100 Å². The second-order valence-electron chi connectivity index (χ2n) is 8.97. The summed E-state index contributed by atoms with van der Waals surface area (Å²) in [5, 5.41) is 18.0. The van der Waals surface area contributed by atoms with Gasteiger partial charge in [-0.2, -0.15) is 40.5 Å². The van der Waals surface area contributed by atoms with Crippen LogP contribution in [0.25, 0.3) is 0 Å². The number of nitrogens with two attached hydrogens (primary N) is 1. The summed E-state index contributed by atoms with van der Waals surface area (Å²) in [5.41, 5.74) is 8.28. The third-order valence-electron chi connectivity index (χ3n) is 6.24. The van der Waals surface area contributed by atoms with Crippen LogP contribution in [0.4, 0.5) is 0 Å². The lowest BCUT2D eigenvalue weighted by molar-refractivity contribution is 0.100. The number of nitrogens with zero attached hydrogens (tertiary/aromatic N) is 1. The zero-order valence-electron chi connectivity index (χ0n) is 22.7. The van der Waals surface area contributed by atoms with E-state index >= 15 is 0 Å². The Hall–Kier alpha value is -0.670. The highest BCUT2D eigenvalue weighted by atomic mass is 32.1. The van der Waals surface area contributed by atoms with Gasteiger partial charge in [0.15, 0.2) is 0 Å². The van der Waals surface area contributed by atoms with E-state index in [1.807, 2.05) is 0 Å². The Morgan fingerprint density at radius 3 is 1.72 bits per heavy atom. The number of aliphatic hydroxyl groups is 2. The van der Waals surface area contributed by atoms with Crippen LogP contribution in [0.1, 0.15) is 89.3 Å². The van der Waals surface area contributed by atoms with Gasteiger partial charge in [-0.3, -0.25) is 4.90 Å². The highest BCUT2D eigenvalue weighted by Gasteiger charge is 2.24. The molecule has 0 aliphatic heterocycles. The standard InChI is InChI=1S/C22H31NO.C7H17NO.3H2S/c1-3-4-15-22(16-17-24)23(18-20-11-7-5-8-12-20)19(2)21-13-9-6-10-14-21;1-2-3-4-7(8)5-6-9;;;/h5-14,19,22,24H,3-4,15-18H2,1-2H3;7,9H,2-6,8H2,1H3;3*1H2/t19-,22-;7-;;;/m00.../s1. The monoisotopic (exact) mass is 558 g/mol. The molecule has 0 aliphatic carbocycles. The first-order valence-electron chi connectivity index (χ1n) is 12.9. The zero-order valence-corrected chi connectivity index (χ0v) is 25.7. The van der Waals surface area contributed by atoms with Crippen LogP contribution < -0.4 is 5.73 Å². The molecule has 0 fully saturated rings. The third-order valence-corrected chi connectivity index (χ3v) is 6.24. The fourth-order valence-corrected chi connectivity index (χ4v) is 4.14. The van der Waals surface area contributed by atoms with Crippen molar-refractivity contribution in [2.24, 2.45) is 5.73 Å². The van der Waals surface area contributed by atoms with E-state index in [2.05, 4.69) is 86.3 Å². The summed E-state index contributed by atoms with van der Waals surface area (Å²) >= 11 is 0. The highest BCUT2D eigenvalue weighted by molar-refractivity contribution is 7.59. The van der Waals surface area contributed by atoms with Gasteiger partial charge >= 0.3 is 0 Å². The minimum absolute atomic E-state index is 0. The molecule has 0 unspecified atom stereocenters. The Kier molecular flexibility index (Phi) is 28.7. The predicted octanol–water partition coefficient (Wildman–Crippen LogP) is 6.42. The van der Waals surface area contributed by atoms with E-state index in [1.54, 1.807) is 0 Å². The van der Waals surface area contributed by atoms with Crippen LogP contribution in [0, 0.1) is 0 Å². The van der Waals surface area contributed by atoms with Crippen LogP contribution in [0.2, 0.25) is 0 Å². The van der Waals surface area contributed by atoms with E-state index in [0.717, 1.165) is 32.2 Å². The number of benzene rings is 2. The molecule has 0 radical (unpaired) electrons. The van der Waals surface area contributed by atoms with Crippen LogP contribution in [0.15, 0.2) is 60.7 Å². The molecule has 4 N–H and O–H groups in total. The quantitative estimate of drug-likeness (QED) is 0.236. The van der Waals surface area contributed by atoms with Crippen molar-refractivity contribution in [3.05, 3.63) is 71.8 Å². The first-order chi connectivity index (χ1) is 16.1. The number of hydrogen-bond donors (Lipinski definition) is 3. The van der Waals surface area contributed by atoms with Gasteiger partial charge in [0.25, 0.3) is 0 Å². The van der Waals surface area contributed by atoms with Crippen LogP contribution >= 0.6 is 40.5 Å². The molecule has 0 spiro atoms. The van der Waals surface area contributed by atoms with Gasteiger partial charge < -0.3 is 15.9 Å². The lowest BCUT2D eigenvalue weighted by atomic mass is 9.98. The van der Waals surface area contributed by atoms with Gasteiger partial charge in [0.2, 0.25) is 0 Å². The van der Waals surface area contributed by atoms with Gasteiger partial charge in [-0.25, -0.2) is 0 Å². The maximum Gasteiger partial charge on any atom is 0.0445 e. The summed E-state index contributed by atoms with van der Waals surface area (Å²) in [6, 6.07) is 22.3. The van der Waals surface area contributed by atoms with Gasteiger partial charge in [-0.05, 0) is 43.7 Å². The van der Waals surface area contributed by atoms with E-state index < -0.39 is 0 Å². The van der Waals surface area contributed by atoms with Crippen LogP contribution in [-0.2, 0) is 6.54 Å². The fourth-order valence-electron chi connectivity index (χ4n) is 4.14. The van der Waals surface area contributed by atoms with Gasteiger partial charge in [-0.15, -0.1) is 0 Å². The zero-order chi connectivity index (χ0) is 24.3. The minimum atomic E-state index is 0. The summed E-state index contributed by atoms with van der Waals surface area (Å²) in [6.07, 6.45) is 8.56. The molecule has 210 valence electrons. The van der Waals surface area contributed by atoms with Crippen molar-refractivity contribution in [3.63, 3.8) is 0 Å². The molecule has 2 aromatic rings. The van der Waals surface area contributed by atoms with Crippen molar-refractivity contribution in [1.29, 1.82) is 0 Å². The third kappa shape index (κ3) is 17.0. The number of unbranched alkanes of at least 4 members (excludes halogenated alkanes) is 2. The number of rotatable bonds is 15. The lowest BCUT2D eigenvalue weighted by Gasteiger charge is -2.37. The molecule has 4 nitrogen and oxygen atoms in total. The Morgan fingerprint density at radius 2 is 1.22 bits per heavy atom. The first kappa shape index (κ1) is 39.8. The minimum Gasteiger partial charge on any atom is -0.396 e. The lowest BCUT2D eigenvalue weighted by Crippen LogP contribution is -2.37. The molecule has 7 heteroatoms. The second-order valence-corrected chi connectivity index (χ2v) is 8.97. The van der Waals surface area contributed by atoms with E-state index in [4.69, 9.17) is 10.8 Å². The second kappa shape index (κ2) is 26.0. The Bertz CT molecular complexity index is 695. The molecular formula is C29H54N2O2S3. The van der Waals surface area contributed by atoms with E-state index in [1.165, 1.54) is 36.8 Å². The van der Waals surface area contributed by atoms with Crippen molar-refractivity contribution in [3.8, 4) is 0 Å². The SMILES string of the molecule is CCCC[C@@H](CCO)N(Cc1ccccc1)[C@@H](C)c1ccccc1.CCCC[C@H](N)CCO.S.S.S. The predicted molar refractivity (Wildman–Crippen MR) is 172 cm³/mol. The molecule has 0 aromatic heterocycles. The van der Waals surface area contributed by atoms with E-state index in [0.29, 0.717) is 12.1 Å². The van der Waals surface area contributed by atoms with Crippen LogP contribution in [0.5, 0.6) is 0 Å². The molecule has 0 bridgehead atoms. The Labute approximate surface area is 242 Å². The summed E-state index contributed by atoms with van der Waals surface area (Å²) < 4.78 is 0. The van der Waals surface area contributed by atoms with Crippen molar-refractivity contribution in [1.82, 2.24) is 4.90 Å². The molecule has 0 saturated heterocycles. The molecule has 0 amide bonds. The number of aliphatic hydroxyl groups excluding tert-OH is 2. The molecule has 2 rings (SSSR count). The highest BCUT2D eigenvalue weighted by Crippen LogP contribution is 2.28. The van der Waals surface area contributed by atoms with Gasteiger partial charge in [0.05, 0.1) is 0 Å². The normalized spacial score (nSPS) is 12.6. The summed E-state index contributed by atoms with van der Waals surface area (Å²) in [5.74, 6) is 0. The molecular weight excluding hydrogens is 505 g/mol. The Morgan fingerprint density at radius 1 is 0.722 bits per heavy atom. The van der Waals surface area contributed by atoms with Crippen molar-refractivity contribution < 1.29 is 10.2 Å². The topological polar surface area (TPSA) is 69.7 Å². The van der Waals surface area contributed by atoms with Crippen molar-refractivity contribution >= 4 is 40.5 Å². The summed E-state index contributed by atoms with van der Waals surface area (Å²) in [7, 11) is 0. The largest absolute Gasteiger partial charge is 0.396 e. The van der Waals surface area contributed by atoms with Gasteiger partial charge in [0, 0.05) is 37.9 Å². The summed E-state index contributed by atoms with van der Waals surface area (Å²) in [6.45, 7) is 8.07. The smallest absolute Gasteiger partial charge is 0.0445 e. The van der Waals surface area contributed by atoms with Crippen LogP contribution in [-0.4, -0.2) is 40.4 Å². The van der Waals surface area contributed by atoms with E-state index in [-0.39, 0.29) is 59.7 Å². The molecule has 0 saturated carbocycles. The molecule has 3 atom stereocenters. The molecule has 2 aromatic carbocycles. The summed E-state index contributed by atoms with van der Waals surface area (Å²) in [4.78, 5) is 2.57. The van der Waals surface area contributed by atoms with Crippen molar-refractivity contribution in [2.75, 3.05) is 13.2 Å². The maximum atomic E-state index is 9.58. The Balaban J connectivity index is -0.000000785.